The molecule has 0 fully saturated rings. The molecular formula is C14H15F3O3. The van der Waals surface area contributed by atoms with Crippen LogP contribution in [0.25, 0.3) is 0 Å². The van der Waals surface area contributed by atoms with Gasteiger partial charge in [-0.15, -0.1) is 0 Å². The van der Waals surface area contributed by atoms with Crippen LogP contribution in [-0.4, -0.2) is 18.4 Å². The number of ether oxygens (including phenoxy) is 1. The standard InChI is InChI=1S/C14H15F3O3/c1-3-20-13(19)12(7-9(2)18)10-5-4-6-11(8-10)14(15,16)17/h4-6,8,12H,3,7H2,1-2H3. The zero-order valence-electron chi connectivity index (χ0n) is 11.2. The second kappa shape index (κ2) is 6.54. The number of ketones is 1. The third kappa shape index (κ3) is 4.36. The number of rotatable bonds is 5. The second-order valence-corrected chi connectivity index (χ2v) is 4.33. The van der Waals surface area contributed by atoms with E-state index in [1.165, 1.54) is 19.1 Å². The van der Waals surface area contributed by atoms with Gasteiger partial charge >= 0.3 is 12.1 Å². The maximum Gasteiger partial charge on any atom is 0.416 e. The van der Waals surface area contributed by atoms with E-state index in [9.17, 15) is 22.8 Å². The van der Waals surface area contributed by atoms with E-state index in [-0.39, 0.29) is 24.4 Å². The van der Waals surface area contributed by atoms with Crippen LogP contribution in [-0.2, 0) is 20.5 Å². The van der Waals surface area contributed by atoms with Gasteiger partial charge in [-0.25, -0.2) is 0 Å². The summed E-state index contributed by atoms with van der Waals surface area (Å²) < 4.78 is 42.8. The van der Waals surface area contributed by atoms with Gasteiger partial charge in [-0.3, -0.25) is 9.59 Å². The zero-order chi connectivity index (χ0) is 15.3. The molecule has 20 heavy (non-hydrogen) atoms. The third-order valence-electron chi connectivity index (χ3n) is 2.68. The number of carbonyl (C=O) groups excluding carboxylic acids is 2. The van der Waals surface area contributed by atoms with E-state index in [0.717, 1.165) is 12.1 Å². The Balaban J connectivity index is 3.13. The molecule has 110 valence electrons. The molecule has 0 heterocycles. The number of hydrogen-bond donors (Lipinski definition) is 0. The minimum absolute atomic E-state index is 0.103. The summed E-state index contributed by atoms with van der Waals surface area (Å²) in [5, 5.41) is 0. The molecule has 3 nitrogen and oxygen atoms in total. The van der Waals surface area contributed by atoms with Gasteiger partial charge in [0.2, 0.25) is 0 Å². The van der Waals surface area contributed by atoms with Gasteiger partial charge in [-0.05, 0) is 25.5 Å². The largest absolute Gasteiger partial charge is 0.466 e. The first-order valence-corrected chi connectivity index (χ1v) is 6.09. The van der Waals surface area contributed by atoms with Gasteiger partial charge in [0, 0.05) is 6.42 Å². The molecule has 0 aliphatic carbocycles. The van der Waals surface area contributed by atoms with E-state index >= 15 is 0 Å². The Morgan fingerprint density at radius 1 is 1.30 bits per heavy atom. The lowest BCUT2D eigenvalue weighted by Gasteiger charge is -2.16. The lowest BCUT2D eigenvalue weighted by molar-refractivity contribution is -0.146. The number of alkyl halides is 3. The first-order valence-electron chi connectivity index (χ1n) is 6.09. The molecule has 0 amide bonds. The zero-order valence-corrected chi connectivity index (χ0v) is 11.2. The molecular weight excluding hydrogens is 273 g/mol. The van der Waals surface area contributed by atoms with Crippen molar-refractivity contribution in [2.45, 2.75) is 32.4 Å². The van der Waals surface area contributed by atoms with Gasteiger partial charge in [-0.2, -0.15) is 13.2 Å². The molecule has 0 aromatic heterocycles. The maximum atomic E-state index is 12.7. The molecule has 0 aliphatic rings. The van der Waals surface area contributed by atoms with E-state index in [4.69, 9.17) is 4.74 Å². The minimum atomic E-state index is -4.49. The molecule has 1 aromatic carbocycles. The summed E-state index contributed by atoms with van der Waals surface area (Å²) in [6, 6.07) is 4.40. The molecule has 0 bridgehead atoms. The number of hydrogen-bond acceptors (Lipinski definition) is 3. The van der Waals surface area contributed by atoms with Crippen molar-refractivity contribution in [3.63, 3.8) is 0 Å². The van der Waals surface area contributed by atoms with Crippen LogP contribution in [0.4, 0.5) is 13.2 Å². The Labute approximate surface area is 114 Å². The van der Waals surface area contributed by atoms with Crippen LogP contribution < -0.4 is 0 Å². The summed E-state index contributed by atoms with van der Waals surface area (Å²) in [6.45, 7) is 2.97. The average Bonchev–Trinajstić information content (AvgIpc) is 2.35. The second-order valence-electron chi connectivity index (χ2n) is 4.33. The molecule has 0 spiro atoms. The lowest BCUT2D eigenvalue weighted by Crippen LogP contribution is -2.19. The van der Waals surface area contributed by atoms with Crippen molar-refractivity contribution in [1.82, 2.24) is 0 Å². The molecule has 1 aromatic rings. The van der Waals surface area contributed by atoms with E-state index in [0.29, 0.717) is 0 Å². The van der Waals surface area contributed by atoms with Crippen molar-refractivity contribution in [2.24, 2.45) is 0 Å². The number of carbonyl (C=O) groups is 2. The van der Waals surface area contributed by atoms with Crippen molar-refractivity contribution >= 4 is 11.8 Å². The summed E-state index contributed by atoms with van der Waals surface area (Å²) in [5.41, 5.74) is -0.721. The van der Waals surface area contributed by atoms with Gasteiger partial charge in [0.25, 0.3) is 0 Å². The van der Waals surface area contributed by atoms with Gasteiger partial charge < -0.3 is 4.74 Å². The summed E-state index contributed by atoms with van der Waals surface area (Å²) >= 11 is 0. The van der Waals surface area contributed by atoms with E-state index in [2.05, 4.69) is 0 Å². The number of benzene rings is 1. The first-order chi connectivity index (χ1) is 9.25. The van der Waals surface area contributed by atoms with E-state index in [1.807, 2.05) is 0 Å². The first kappa shape index (κ1) is 16.2. The number of Topliss-reactive ketones (excluding diaryl/α,β-unsaturated/α-hetero) is 1. The Morgan fingerprint density at radius 2 is 1.95 bits per heavy atom. The van der Waals surface area contributed by atoms with Crippen LogP contribution in [0, 0.1) is 0 Å². The van der Waals surface area contributed by atoms with E-state index < -0.39 is 23.6 Å². The third-order valence-corrected chi connectivity index (χ3v) is 2.68. The number of esters is 1. The minimum Gasteiger partial charge on any atom is -0.466 e. The Kier molecular flexibility index (Phi) is 5.30. The predicted molar refractivity (Wildman–Crippen MR) is 66.1 cm³/mol. The van der Waals surface area contributed by atoms with Crippen LogP contribution >= 0.6 is 0 Å². The maximum absolute atomic E-state index is 12.7. The normalized spacial score (nSPS) is 12.8. The van der Waals surface area contributed by atoms with Crippen LogP contribution in [0.3, 0.4) is 0 Å². The van der Waals surface area contributed by atoms with Gasteiger partial charge in [0.15, 0.2) is 0 Å². The van der Waals surface area contributed by atoms with Crippen molar-refractivity contribution in [2.75, 3.05) is 6.61 Å². The topological polar surface area (TPSA) is 43.4 Å². The molecule has 0 saturated heterocycles. The van der Waals surface area contributed by atoms with Crippen LogP contribution in [0.5, 0.6) is 0 Å². The Morgan fingerprint density at radius 3 is 2.45 bits per heavy atom. The average molecular weight is 288 g/mol. The lowest BCUT2D eigenvalue weighted by atomic mass is 9.92. The molecule has 6 heteroatoms. The highest BCUT2D eigenvalue weighted by atomic mass is 19.4. The van der Waals surface area contributed by atoms with Crippen LogP contribution in [0.15, 0.2) is 24.3 Å². The quantitative estimate of drug-likeness (QED) is 0.780. The van der Waals surface area contributed by atoms with Gasteiger partial charge in [0.05, 0.1) is 18.1 Å². The van der Waals surface area contributed by atoms with Crippen molar-refractivity contribution in [3.05, 3.63) is 35.4 Å². The van der Waals surface area contributed by atoms with Crippen LogP contribution in [0.1, 0.15) is 37.3 Å². The fraction of sp³-hybridized carbons (Fsp3) is 0.429. The molecule has 1 rings (SSSR count). The predicted octanol–water partition coefficient (Wildman–Crippen LogP) is 3.33. The molecule has 0 N–H and O–H groups in total. The van der Waals surface area contributed by atoms with Gasteiger partial charge in [-0.1, -0.05) is 18.2 Å². The SMILES string of the molecule is CCOC(=O)C(CC(C)=O)c1cccc(C(F)(F)F)c1. The molecule has 0 radical (unpaired) electrons. The number of halogens is 3. The Bertz CT molecular complexity index is 495. The molecule has 0 aliphatic heterocycles. The fourth-order valence-electron chi connectivity index (χ4n) is 1.80. The van der Waals surface area contributed by atoms with Crippen molar-refractivity contribution < 1.29 is 27.5 Å². The summed E-state index contributed by atoms with van der Waals surface area (Å²) in [5.74, 6) is -1.99. The monoisotopic (exact) mass is 288 g/mol. The highest BCUT2D eigenvalue weighted by molar-refractivity contribution is 5.86. The molecule has 1 unspecified atom stereocenters. The highest BCUT2D eigenvalue weighted by Crippen LogP contribution is 2.32. The van der Waals surface area contributed by atoms with Crippen molar-refractivity contribution in [1.29, 1.82) is 0 Å². The summed E-state index contributed by atoms with van der Waals surface area (Å²) in [7, 11) is 0. The van der Waals surface area contributed by atoms with Gasteiger partial charge in [0.1, 0.15) is 5.78 Å². The van der Waals surface area contributed by atoms with Crippen molar-refractivity contribution in [3.8, 4) is 0 Å². The smallest absolute Gasteiger partial charge is 0.416 e. The van der Waals surface area contributed by atoms with Crippen LogP contribution in [0.2, 0.25) is 0 Å². The Hall–Kier alpha value is -1.85. The molecule has 1 atom stereocenters. The molecule has 0 saturated carbocycles. The fourth-order valence-corrected chi connectivity index (χ4v) is 1.80. The summed E-state index contributed by atoms with van der Waals surface area (Å²) in [6.07, 6.45) is -4.68. The van der Waals surface area contributed by atoms with E-state index in [1.54, 1.807) is 6.92 Å². The highest BCUT2D eigenvalue weighted by Gasteiger charge is 2.32. The summed E-state index contributed by atoms with van der Waals surface area (Å²) in [4.78, 5) is 23.0.